The third kappa shape index (κ3) is 4.05. The second-order valence-corrected chi connectivity index (χ2v) is 6.54. The van der Waals surface area contributed by atoms with E-state index in [1.54, 1.807) is 6.92 Å². The van der Waals surface area contributed by atoms with Gasteiger partial charge in [0.25, 0.3) is 0 Å². The molecule has 0 aliphatic carbocycles. The van der Waals surface area contributed by atoms with Crippen LogP contribution in [-0.2, 0) is 11.2 Å². The molecule has 140 valence electrons. The second kappa shape index (κ2) is 7.70. The number of carbonyl (C=O) groups excluding carboxylic acids is 1. The fourth-order valence-electron chi connectivity index (χ4n) is 3.07. The monoisotopic (exact) mass is 369 g/mol. The highest BCUT2D eigenvalue weighted by Gasteiger charge is 2.18. The van der Waals surface area contributed by atoms with E-state index in [1.807, 2.05) is 48.9 Å². The lowest BCUT2D eigenvalue weighted by atomic mass is 10.1. The summed E-state index contributed by atoms with van der Waals surface area (Å²) in [6.45, 7) is 5.53. The predicted molar refractivity (Wildman–Crippen MR) is 99.7 cm³/mol. The summed E-state index contributed by atoms with van der Waals surface area (Å²) in [6.07, 6.45) is 0.165. The van der Waals surface area contributed by atoms with E-state index in [1.165, 1.54) is 6.07 Å². The molecular formula is C21H21F2N3O. The Morgan fingerprint density at radius 1 is 1.11 bits per heavy atom. The van der Waals surface area contributed by atoms with Gasteiger partial charge in [-0.1, -0.05) is 24.3 Å². The minimum Gasteiger partial charge on any atom is -0.349 e. The van der Waals surface area contributed by atoms with Crippen LogP contribution in [0.4, 0.5) is 8.78 Å². The molecule has 2 aromatic carbocycles. The summed E-state index contributed by atoms with van der Waals surface area (Å²) in [6, 6.07) is 12.9. The lowest BCUT2D eigenvalue weighted by Crippen LogP contribution is -2.28. The van der Waals surface area contributed by atoms with Gasteiger partial charge in [-0.25, -0.2) is 13.5 Å². The molecule has 0 bridgehead atoms. The molecule has 0 radical (unpaired) electrons. The fourth-order valence-corrected chi connectivity index (χ4v) is 3.07. The van der Waals surface area contributed by atoms with Crippen molar-refractivity contribution in [3.63, 3.8) is 0 Å². The molecule has 0 aliphatic rings. The Hall–Kier alpha value is -3.02. The maximum absolute atomic E-state index is 13.4. The fraction of sp³-hybridized carbons (Fsp3) is 0.238. The molecule has 1 amide bonds. The van der Waals surface area contributed by atoms with E-state index in [2.05, 4.69) is 10.4 Å². The van der Waals surface area contributed by atoms with Crippen LogP contribution in [0.1, 0.15) is 35.5 Å². The molecule has 0 aliphatic heterocycles. The molecule has 0 fully saturated rings. The van der Waals surface area contributed by atoms with Crippen molar-refractivity contribution >= 4 is 5.91 Å². The lowest BCUT2D eigenvalue weighted by Gasteiger charge is -2.15. The number of nitrogens with zero attached hydrogens (tertiary/aromatic N) is 2. The van der Waals surface area contributed by atoms with Crippen molar-refractivity contribution < 1.29 is 13.6 Å². The number of aromatic nitrogens is 2. The van der Waals surface area contributed by atoms with Crippen LogP contribution < -0.4 is 5.32 Å². The Kier molecular flexibility index (Phi) is 5.35. The van der Waals surface area contributed by atoms with Crippen molar-refractivity contribution in [3.05, 3.63) is 82.7 Å². The molecule has 1 atom stereocenters. The molecule has 0 spiro atoms. The molecule has 1 heterocycles. The van der Waals surface area contributed by atoms with E-state index >= 15 is 0 Å². The Balaban J connectivity index is 1.74. The highest BCUT2D eigenvalue weighted by molar-refractivity contribution is 5.79. The largest absolute Gasteiger partial charge is 0.349 e. The molecule has 1 N–H and O–H groups in total. The number of para-hydroxylation sites is 1. The number of rotatable bonds is 5. The van der Waals surface area contributed by atoms with Gasteiger partial charge in [0.15, 0.2) is 11.6 Å². The van der Waals surface area contributed by atoms with Gasteiger partial charge in [-0.05, 0) is 50.6 Å². The first kappa shape index (κ1) is 18.8. The topological polar surface area (TPSA) is 46.9 Å². The summed E-state index contributed by atoms with van der Waals surface area (Å²) in [5.41, 5.74) is 3.98. The van der Waals surface area contributed by atoms with E-state index in [9.17, 15) is 13.6 Å². The first-order chi connectivity index (χ1) is 12.9. The minimum atomic E-state index is -0.926. The Labute approximate surface area is 156 Å². The van der Waals surface area contributed by atoms with Gasteiger partial charge in [0.1, 0.15) is 0 Å². The summed E-state index contributed by atoms with van der Waals surface area (Å²) in [5.74, 6) is -2.03. The van der Waals surface area contributed by atoms with Crippen molar-refractivity contribution in [2.75, 3.05) is 0 Å². The third-order valence-corrected chi connectivity index (χ3v) is 4.60. The van der Waals surface area contributed by atoms with Crippen molar-refractivity contribution in [1.82, 2.24) is 15.1 Å². The predicted octanol–water partition coefficient (Wildman–Crippen LogP) is 4.19. The summed E-state index contributed by atoms with van der Waals surface area (Å²) >= 11 is 0. The van der Waals surface area contributed by atoms with Crippen LogP contribution in [-0.4, -0.2) is 15.7 Å². The van der Waals surface area contributed by atoms with Gasteiger partial charge in [-0.15, -0.1) is 0 Å². The van der Waals surface area contributed by atoms with Crippen molar-refractivity contribution in [2.24, 2.45) is 0 Å². The van der Waals surface area contributed by atoms with Gasteiger partial charge in [0.2, 0.25) is 5.91 Å². The van der Waals surface area contributed by atoms with Crippen LogP contribution in [0.5, 0.6) is 0 Å². The Morgan fingerprint density at radius 2 is 1.81 bits per heavy atom. The maximum atomic E-state index is 13.4. The van der Waals surface area contributed by atoms with Crippen LogP contribution in [0.2, 0.25) is 0 Å². The standard InChI is InChI=1S/C21H21F2N3O/c1-13(16-9-10-19(22)20(23)11-16)24-21(27)12-18-14(2)25-26(15(18)3)17-7-5-4-6-8-17/h4-11,13H,12H2,1-3H3,(H,24,27). The first-order valence-corrected chi connectivity index (χ1v) is 8.71. The number of nitrogens with one attached hydrogen (secondary N) is 1. The summed E-state index contributed by atoms with van der Waals surface area (Å²) in [4.78, 5) is 12.5. The molecule has 4 nitrogen and oxygen atoms in total. The van der Waals surface area contributed by atoms with Crippen molar-refractivity contribution in [3.8, 4) is 5.69 Å². The smallest absolute Gasteiger partial charge is 0.225 e. The number of carbonyl (C=O) groups is 1. The van der Waals surface area contributed by atoms with E-state index in [0.717, 1.165) is 34.8 Å². The Morgan fingerprint density at radius 3 is 2.48 bits per heavy atom. The quantitative estimate of drug-likeness (QED) is 0.733. The number of halogens is 2. The molecule has 0 saturated heterocycles. The van der Waals surface area contributed by atoms with Gasteiger partial charge in [-0.3, -0.25) is 4.79 Å². The highest BCUT2D eigenvalue weighted by atomic mass is 19.2. The zero-order chi connectivity index (χ0) is 19.6. The van der Waals surface area contributed by atoms with E-state index < -0.39 is 17.7 Å². The van der Waals surface area contributed by atoms with E-state index in [0.29, 0.717) is 5.56 Å². The average Bonchev–Trinajstić information content (AvgIpc) is 2.92. The number of hydrogen-bond donors (Lipinski definition) is 1. The molecule has 3 rings (SSSR count). The number of amides is 1. The van der Waals surface area contributed by atoms with Crippen LogP contribution in [0.3, 0.4) is 0 Å². The van der Waals surface area contributed by atoms with Crippen LogP contribution >= 0.6 is 0 Å². The zero-order valence-corrected chi connectivity index (χ0v) is 15.5. The lowest BCUT2D eigenvalue weighted by molar-refractivity contribution is -0.121. The van der Waals surface area contributed by atoms with Crippen LogP contribution in [0.25, 0.3) is 5.69 Å². The molecule has 27 heavy (non-hydrogen) atoms. The molecular weight excluding hydrogens is 348 g/mol. The normalized spacial score (nSPS) is 12.0. The first-order valence-electron chi connectivity index (χ1n) is 8.71. The van der Waals surface area contributed by atoms with Crippen LogP contribution in [0, 0.1) is 25.5 Å². The second-order valence-electron chi connectivity index (χ2n) is 6.54. The molecule has 6 heteroatoms. The maximum Gasteiger partial charge on any atom is 0.225 e. The van der Waals surface area contributed by atoms with Gasteiger partial charge in [0, 0.05) is 11.3 Å². The Bertz CT molecular complexity index is 967. The van der Waals surface area contributed by atoms with E-state index in [-0.39, 0.29) is 12.3 Å². The number of benzene rings is 2. The van der Waals surface area contributed by atoms with Gasteiger partial charge in [0.05, 0.1) is 23.8 Å². The van der Waals surface area contributed by atoms with Crippen LogP contribution in [0.15, 0.2) is 48.5 Å². The SMILES string of the molecule is Cc1nn(-c2ccccc2)c(C)c1CC(=O)NC(C)c1ccc(F)c(F)c1. The van der Waals surface area contributed by atoms with Crippen molar-refractivity contribution in [1.29, 1.82) is 0 Å². The van der Waals surface area contributed by atoms with Gasteiger partial charge in [-0.2, -0.15) is 5.10 Å². The third-order valence-electron chi connectivity index (χ3n) is 4.60. The molecule has 3 aromatic rings. The average molecular weight is 369 g/mol. The number of aryl methyl sites for hydroxylation is 1. The van der Waals surface area contributed by atoms with Gasteiger partial charge >= 0.3 is 0 Å². The number of hydrogen-bond acceptors (Lipinski definition) is 2. The summed E-state index contributed by atoms with van der Waals surface area (Å²) in [7, 11) is 0. The summed E-state index contributed by atoms with van der Waals surface area (Å²) < 4.78 is 28.3. The van der Waals surface area contributed by atoms with E-state index in [4.69, 9.17) is 0 Å². The minimum absolute atomic E-state index is 0.165. The molecule has 1 unspecified atom stereocenters. The highest BCUT2D eigenvalue weighted by Crippen LogP contribution is 2.20. The van der Waals surface area contributed by atoms with Crippen molar-refractivity contribution in [2.45, 2.75) is 33.2 Å². The van der Waals surface area contributed by atoms with Gasteiger partial charge < -0.3 is 5.32 Å². The summed E-state index contributed by atoms with van der Waals surface area (Å²) in [5, 5.41) is 7.37. The molecule has 1 aromatic heterocycles. The molecule has 0 saturated carbocycles. The zero-order valence-electron chi connectivity index (χ0n) is 15.5.